The SMILES string of the molecule is CC1CC(C(=O)N2CCC(Cc3nccs3)CC2)(c2nn[nH]n2)C1. The molecule has 0 atom stereocenters. The molecule has 1 aliphatic heterocycles. The summed E-state index contributed by atoms with van der Waals surface area (Å²) >= 11 is 1.72. The quantitative estimate of drug-likeness (QED) is 0.912. The Hall–Kier alpha value is -1.83. The summed E-state index contributed by atoms with van der Waals surface area (Å²) in [6, 6.07) is 0. The number of aromatic nitrogens is 5. The van der Waals surface area contributed by atoms with Crippen molar-refractivity contribution in [3.05, 3.63) is 22.4 Å². The summed E-state index contributed by atoms with van der Waals surface area (Å²) in [4.78, 5) is 19.6. The summed E-state index contributed by atoms with van der Waals surface area (Å²) in [5.74, 6) is 1.92. The second-order valence-corrected chi connectivity index (χ2v) is 8.18. The fourth-order valence-electron chi connectivity index (χ4n) is 4.19. The fourth-order valence-corrected chi connectivity index (χ4v) is 4.92. The van der Waals surface area contributed by atoms with Crippen molar-refractivity contribution in [3.8, 4) is 0 Å². The normalized spacial score (nSPS) is 27.9. The van der Waals surface area contributed by atoms with Crippen LogP contribution < -0.4 is 0 Å². The molecule has 24 heavy (non-hydrogen) atoms. The predicted octanol–water partition coefficient (Wildman–Crippen LogP) is 1.81. The van der Waals surface area contributed by atoms with E-state index in [9.17, 15) is 4.79 Å². The van der Waals surface area contributed by atoms with Crippen LogP contribution in [-0.4, -0.2) is 49.5 Å². The zero-order chi connectivity index (χ0) is 16.6. The number of nitrogens with zero attached hydrogens (tertiary/aromatic N) is 5. The molecule has 2 aromatic heterocycles. The number of carbonyl (C=O) groups excluding carboxylic acids is 1. The summed E-state index contributed by atoms with van der Waals surface area (Å²) in [6.07, 6.45) is 6.64. The lowest BCUT2D eigenvalue weighted by atomic mass is 9.61. The van der Waals surface area contributed by atoms with Crippen LogP contribution in [-0.2, 0) is 16.6 Å². The smallest absolute Gasteiger partial charge is 0.236 e. The molecule has 4 rings (SSSR count). The number of carbonyl (C=O) groups is 1. The third-order valence-corrected chi connectivity index (χ3v) is 6.23. The average molecular weight is 346 g/mol. The van der Waals surface area contributed by atoms with E-state index >= 15 is 0 Å². The van der Waals surface area contributed by atoms with E-state index in [2.05, 4.69) is 32.5 Å². The topological polar surface area (TPSA) is 87.7 Å². The number of likely N-dealkylation sites (tertiary alicyclic amines) is 1. The molecule has 2 aromatic rings. The molecular formula is C16H22N6OS. The number of aromatic amines is 1. The highest BCUT2D eigenvalue weighted by molar-refractivity contribution is 7.09. The molecule has 0 aromatic carbocycles. The van der Waals surface area contributed by atoms with Crippen LogP contribution in [0.25, 0.3) is 0 Å². The van der Waals surface area contributed by atoms with E-state index in [0.717, 1.165) is 45.2 Å². The van der Waals surface area contributed by atoms with Crippen molar-refractivity contribution in [1.29, 1.82) is 0 Å². The van der Waals surface area contributed by atoms with Crippen molar-refractivity contribution >= 4 is 17.2 Å². The zero-order valence-corrected chi connectivity index (χ0v) is 14.6. The molecule has 1 aliphatic carbocycles. The van der Waals surface area contributed by atoms with Crippen LogP contribution in [0.4, 0.5) is 0 Å². The summed E-state index contributed by atoms with van der Waals surface area (Å²) < 4.78 is 0. The minimum atomic E-state index is -0.547. The van der Waals surface area contributed by atoms with Crippen LogP contribution in [0.5, 0.6) is 0 Å². The predicted molar refractivity (Wildman–Crippen MR) is 89.4 cm³/mol. The highest BCUT2D eigenvalue weighted by atomic mass is 32.1. The number of nitrogens with one attached hydrogen (secondary N) is 1. The third-order valence-electron chi connectivity index (χ3n) is 5.43. The molecule has 0 spiro atoms. The first-order valence-corrected chi connectivity index (χ1v) is 9.47. The maximum absolute atomic E-state index is 13.2. The van der Waals surface area contributed by atoms with Gasteiger partial charge in [0.15, 0.2) is 5.82 Å². The van der Waals surface area contributed by atoms with E-state index in [0.29, 0.717) is 17.7 Å². The molecule has 8 heteroatoms. The van der Waals surface area contributed by atoms with Gasteiger partial charge in [0, 0.05) is 31.1 Å². The van der Waals surface area contributed by atoms with E-state index in [1.165, 1.54) is 5.01 Å². The Kier molecular flexibility index (Phi) is 4.07. The number of H-pyrrole nitrogens is 1. The maximum atomic E-state index is 13.2. The van der Waals surface area contributed by atoms with Gasteiger partial charge in [0.05, 0.1) is 5.01 Å². The number of thiazole rings is 1. The minimum Gasteiger partial charge on any atom is -0.342 e. The molecule has 0 bridgehead atoms. The molecule has 2 fully saturated rings. The van der Waals surface area contributed by atoms with Gasteiger partial charge in [-0.15, -0.1) is 21.5 Å². The first-order valence-electron chi connectivity index (χ1n) is 8.59. The summed E-state index contributed by atoms with van der Waals surface area (Å²) in [6.45, 7) is 3.82. The van der Waals surface area contributed by atoms with Gasteiger partial charge in [-0.25, -0.2) is 4.98 Å². The lowest BCUT2D eigenvalue weighted by molar-refractivity contribution is -0.144. The van der Waals surface area contributed by atoms with Gasteiger partial charge >= 0.3 is 0 Å². The van der Waals surface area contributed by atoms with E-state index < -0.39 is 5.41 Å². The molecule has 1 N–H and O–H groups in total. The largest absolute Gasteiger partial charge is 0.342 e. The Bertz CT molecular complexity index is 672. The van der Waals surface area contributed by atoms with Gasteiger partial charge in [-0.1, -0.05) is 12.1 Å². The van der Waals surface area contributed by atoms with Crippen LogP contribution in [0.1, 0.15) is 43.4 Å². The number of rotatable bonds is 4. The van der Waals surface area contributed by atoms with Gasteiger partial charge in [0.25, 0.3) is 0 Å². The van der Waals surface area contributed by atoms with Gasteiger partial charge < -0.3 is 4.90 Å². The first-order chi connectivity index (χ1) is 11.7. The van der Waals surface area contributed by atoms with Crippen molar-refractivity contribution in [2.75, 3.05) is 13.1 Å². The van der Waals surface area contributed by atoms with Crippen molar-refractivity contribution in [3.63, 3.8) is 0 Å². The van der Waals surface area contributed by atoms with E-state index in [1.807, 2.05) is 16.5 Å². The van der Waals surface area contributed by atoms with Crippen molar-refractivity contribution in [2.45, 2.75) is 44.4 Å². The van der Waals surface area contributed by atoms with Crippen molar-refractivity contribution in [1.82, 2.24) is 30.5 Å². The standard InChI is InChI=1S/C16H22N6OS/c1-11-9-16(10-11,14-18-20-21-19-14)15(23)22-5-2-12(3-6-22)8-13-17-4-7-24-13/h4,7,11-12H,2-3,5-6,8-10H2,1H3,(H,18,19,20,21). The van der Waals surface area contributed by atoms with E-state index in [1.54, 1.807) is 11.3 Å². The summed E-state index contributed by atoms with van der Waals surface area (Å²) in [7, 11) is 0. The second-order valence-electron chi connectivity index (χ2n) is 7.20. The molecule has 128 valence electrons. The number of amides is 1. The molecular weight excluding hydrogens is 324 g/mol. The average Bonchev–Trinajstić information content (AvgIpc) is 3.25. The van der Waals surface area contributed by atoms with Crippen molar-refractivity contribution < 1.29 is 4.79 Å². The van der Waals surface area contributed by atoms with Crippen LogP contribution >= 0.6 is 11.3 Å². The maximum Gasteiger partial charge on any atom is 0.236 e. The van der Waals surface area contributed by atoms with E-state index in [4.69, 9.17) is 0 Å². The Balaban J connectivity index is 1.40. The van der Waals surface area contributed by atoms with Crippen molar-refractivity contribution in [2.24, 2.45) is 11.8 Å². The molecule has 1 saturated heterocycles. The van der Waals surface area contributed by atoms with E-state index in [-0.39, 0.29) is 5.91 Å². The van der Waals surface area contributed by atoms with Gasteiger partial charge in [-0.3, -0.25) is 4.79 Å². The summed E-state index contributed by atoms with van der Waals surface area (Å²) in [5, 5.41) is 17.6. The van der Waals surface area contributed by atoms with Crippen LogP contribution in [0.15, 0.2) is 11.6 Å². The highest BCUT2D eigenvalue weighted by Gasteiger charge is 2.54. The highest BCUT2D eigenvalue weighted by Crippen LogP contribution is 2.47. The van der Waals surface area contributed by atoms with Gasteiger partial charge in [-0.05, 0) is 37.5 Å². The van der Waals surface area contributed by atoms with Crippen LogP contribution in [0, 0.1) is 11.8 Å². The Morgan fingerprint density at radius 3 is 2.79 bits per heavy atom. The number of hydrogen-bond acceptors (Lipinski definition) is 6. The van der Waals surface area contributed by atoms with Gasteiger partial charge in [0.1, 0.15) is 5.41 Å². The molecule has 2 aliphatic rings. The molecule has 1 amide bonds. The number of tetrazole rings is 1. The third kappa shape index (κ3) is 2.72. The van der Waals surface area contributed by atoms with Gasteiger partial charge in [0.2, 0.25) is 5.91 Å². The number of piperidine rings is 1. The Morgan fingerprint density at radius 2 is 2.21 bits per heavy atom. The lowest BCUT2D eigenvalue weighted by Gasteiger charge is -2.46. The second kappa shape index (κ2) is 6.23. The lowest BCUT2D eigenvalue weighted by Crippen LogP contribution is -2.56. The number of hydrogen-bond donors (Lipinski definition) is 1. The summed E-state index contributed by atoms with van der Waals surface area (Å²) in [5.41, 5.74) is -0.547. The minimum absolute atomic E-state index is 0.190. The molecule has 0 unspecified atom stereocenters. The van der Waals surface area contributed by atoms with Gasteiger partial charge in [-0.2, -0.15) is 5.21 Å². The Morgan fingerprint density at radius 1 is 1.42 bits per heavy atom. The fraction of sp³-hybridized carbons (Fsp3) is 0.688. The Labute approximate surface area is 144 Å². The van der Waals surface area contributed by atoms with Crippen LogP contribution in [0.3, 0.4) is 0 Å². The molecule has 3 heterocycles. The first kappa shape index (κ1) is 15.7. The zero-order valence-electron chi connectivity index (χ0n) is 13.8. The monoisotopic (exact) mass is 346 g/mol. The van der Waals surface area contributed by atoms with Crippen LogP contribution in [0.2, 0.25) is 0 Å². The molecule has 1 saturated carbocycles. The molecule has 7 nitrogen and oxygen atoms in total. The molecule has 0 radical (unpaired) electrons.